The number of hydrogen-bond acceptors (Lipinski definition) is 4. The van der Waals surface area contributed by atoms with Gasteiger partial charge in [-0.15, -0.1) is 0 Å². The van der Waals surface area contributed by atoms with E-state index in [2.05, 4.69) is 83.1 Å². The fourth-order valence-corrected chi connectivity index (χ4v) is 2.86. The van der Waals surface area contributed by atoms with E-state index in [0.717, 1.165) is 25.7 Å². The SMILES string of the molecule is CCCC(C)(C)OC(OOCC(C)(C)CC)(OC(C)C(C)CC)C(C)C(C)C. The first-order valence-corrected chi connectivity index (χ1v) is 11.4. The van der Waals surface area contributed by atoms with E-state index in [4.69, 9.17) is 19.2 Å². The molecule has 0 aliphatic carbocycles. The molecule has 0 amide bonds. The summed E-state index contributed by atoms with van der Waals surface area (Å²) in [4.78, 5) is 11.9. The molecular weight excluding hydrogens is 352 g/mol. The molecule has 170 valence electrons. The summed E-state index contributed by atoms with van der Waals surface area (Å²) in [5.74, 6) is -0.531. The van der Waals surface area contributed by atoms with Crippen LogP contribution in [0.2, 0.25) is 0 Å². The number of hydrogen-bond donors (Lipinski definition) is 0. The van der Waals surface area contributed by atoms with Crippen molar-refractivity contribution in [2.24, 2.45) is 23.2 Å². The zero-order chi connectivity index (χ0) is 22.2. The van der Waals surface area contributed by atoms with Gasteiger partial charge in [-0.2, -0.15) is 4.89 Å². The Labute approximate surface area is 176 Å². The molecular formula is C24H50O4. The van der Waals surface area contributed by atoms with E-state index in [0.29, 0.717) is 18.4 Å². The van der Waals surface area contributed by atoms with Gasteiger partial charge in [-0.05, 0) is 50.9 Å². The number of ether oxygens (including phenoxy) is 2. The monoisotopic (exact) mass is 402 g/mol. The van der Waals surface area contributed by atoms with Crippen molar-refractivity contribution in [2.45, 2.75) is 126 Å². The molecule has 0 saturated heterocycles. The van der Waals surface area contributed by atoms with Gasteiger partial charge < -0.3 is 9.47 Å². The van der Waals surface area contributed by atoms with Crippen molar-refractivity contribution in [3.05, 3.63) is 0 Å². The van der Waals surface area contributed by atoms with Gasteiger partial charge in [0.25, 0.3) is 0 Å². The molecule has 4 atom stereocenters. The van der Waals surface area contributed by atoms with E-state index in [1.165, 1.54) is 0 Å². The molecule has 0 bridgehead atoms. The lowest BCUT2D eigenvalue weighted by atomic mass is 9.92. The summed E-state index contributed by atoms with van der Waals surface area (Å²) in [6.45, 7) is 26.3. The van der Waals surface area contributed by atoms with E-state index in [1.807, 2.05) is 0 Å². The van der Waals surface area contributed by atoms with E-state index in [1.54, 1.807) is 0 Å². The van der Waals surface area contributed by atoms with Crippen molar-refractivity contribution in [2.75, 3.05) is 6.61 Å². The van der Waals surface area contributed by atoms with Crippen LogP contribution in [0.1, 0.15) is 109 Å². The van der Waals surface area contributed by atoms with Crippen LogP contribution < -0.4 is 0 Å². The Kier molecular flexibility index (Phi) is 11.8. The first-order chi connectivity index (χ1) is 12.8. The minimum Gasteiger partial charge on any atom is -0.322 e. The first-order valence-electron chi connectivity index (χ1n) is 11.4. The van der Waals surface area contributed by atoms with Gasteiger partial charge in [-0.25, -0.2) is 4.89 Å². The highest BCUT2D eigenvalue weighted by Gasteiger charge is 2.49. The third kappa shape index (κ3) is 9.11. The average molecular weight is 403 g/mol. The summed E-state index contributed by atoms with van der Waals surface area (Å²) in [6, 6.07) is 0. The minimum absolute atomic E-state index is 0.000115. The Bertz CT molecular complexity index is 419. The van der Waals surface area contributed by atoms with Crippen LogP contribution >= 0.6 is 0 Å². The summed E-state index contributed by atoms with van der Waals surface area (Å²) in [5, 5.41) is 0. The fourth-order valence-electron chi connectivity index (χ4n) is 2.86. The van der Waals surface area contributed by atoms with Crippen LogP contribution in [0.5, 0.6) is 0 Å². The summed E-state index contributed by atoms with van der Waals surface area (Å²) in [6.07, 6.45) is 3.99. The highest BCUT2D eigenvalue weighted by molar-refractivity contribution is 4.79. The molecule has 0 aromatic carbocycles. The summed E-state index contributed by atoms with van der Waals surface area (Å²) >= 11 is 0. The molecule has 4 heteroatoms. The van der Waals surface area contributed by atoms with E-state index < -0.39 is 5.97 Å². The van der Waals surface area contributed by atoms with Gasteiger partial charge in [0, 0.05) is 5.92 Å². The quantitative estimate of drug-likeness (QED) is 0.163. The van der Waals surface area contributed by atoms with Crippen LogP contribution in [0.3, 0.4) is 0 Å². The van der Waals surface area contributed by atoms with E-state index >= 15 is 0 Å². The van der Waals surface area contributed by atoms with Gasteiger partial charge in [0.05, 0.1) is 18.3 Å². The van der Waals surface area contributed by atoms with Gasteiger partial charge >= 0.3 is 5.97 Å². The minimum atomic E-state index is -1.24. The number of rotatable bonds is 15. The zero-order valence-corrected chi connectivity index (χ0v) is 21.0. The highest BCUT2D eigenvalue weighted by atomic mass is 17.3. The van der Waals surface area contributed by atoms with Crippen LogP contribution in [-0.2, 0) is 19.2 Å². The predicted molar refractivity (Wildman–Crippen MR) is 118 cm³/mol. The molecule has 0 aromatic heterocycles. The molecule has 0 rings (SSSR count). The standard InChI is InChI=1S/C24H50O4/c1-13-16-23(11,12)27-24(20(7)18(4)5,26-21(8)19(6)14-2)28-25-17-22(9,10)15-3/h18-21H,13-17H2,1-12H3. The molecule has 0 aliphatic heterocycles. The van der Waals surface area contributed by atoms with Crippen molar-refractivity contribution in [3.8, 4) is 0 Å². The van der Waals surface area contributed by atoms with Crippen molar-refractivity contribution in [1.29, 1.82) is 0 Å². The van der Waals surface area contributed by atoms with Crippen LogP contribution in [0.15, 0.2) is 0 Å². The Balaban J connectivity index is 5.83. The second kappa shape index (κ2) is 11.9. The lowest BCUT2D eigenvalue weighted by Gasteiger charge is -2.45. The third-order valence-corrected chi connectivity index (χ3v) is 6.21. The van der Waals surface area contributed by atoms with Gasteiger partial charge in [-0.1, -0.05) is 75.2 Å². The Morgan fingerprint density at radius 2 is 1.43 bits per heavy atom. The van der Waals surface area contributed by atoms with Crippen molar-refractivity contribution in [3.63, 3.8) is 0 Å². The zero-order valence-electron chi connectivity index (χ0n) is 21.0. The van der Waals surface area contributed by atoms with Crippen LogP contribution in [0.4, 0.5) is 0 Å². The smallest absolute Gasteiger partial charge is 0.315 e. The fraction of sp³-hybridized carbons (Fsp3) is 1.00. The third-order valence-electron chi connectivity index (χ3n) is 6.21. The molecule has 0 radical (unpaired) electrons. The maximum atomic E-state index is 6.63. The Hall–Kier alpha value is -0.160. The van der Waals surface area contributed by atoms with Crippen LogP contribution in [-0.4, -0.2) is 24.3 Å². The lowest BCUT2D eigenvalue weighted by Crippen LogP contribution is -2.54. The van der Waals surface area contributed by atoms with Crippen LogP contribution in [0.25, 0.3) is 0 Å². The summed E-state index contributed by atoms with van der Waals surface area (Å²) in [7, 11) is 0. The highest BCUT2D eigenvalue weighted by Crippen LogP contribution is 2.39. The molecule has 0 aromatic rings. The maximum absolute atomic E-state index is 6.63. The second-order valence-electron chi connectivity index (χ2n) is 10.3. The Morgan fingerprint density at radius 3 is 1.86 bits per heavy atom. The van der Waals surface area contributed by atoms with Crippen molar-refractivity contribution < 1.29 is 19.2 Å². The van der Waals surface area contributed by atoms with Gasteiger partial charge in [0.1, 0.15) is 0 Å². The summed E-state index contributed by atoms with van der Waals surface area (Å²) in [5.41, 5.74) is -0.342. The molecule has 0 spiro atoms. The molecule has 28 heavy (non-hydrogen) atoms. The molecule has 4 nitrogen and oxygen atoms in total. The second-order valence-corrected chi connectivity index (χ2v) is 10.3. The molecule has 0 aliphatic rings. The normalized spacial score (nSPS) is 18.8. The Morgan fingerprint density at radius 1 is 0.857 bits per heavy atom. The molecule has 0 N–H and O–H groups in total. The average Bonchev–Trinajstić information content (AvgIpc) is 2.59. The largest absolute Gasteiger partial charge is 0.322 e. The van der Waals surface area contributed by atoms with Gasteiger partial charge in [-0.3, -0.25) is 0 Å². The van der Waals surface area contributed by atoms with E-state index in [9.17, 15) is 0 Å². The van der Waals surface area contributed by atoms with Gasteiger partial charge in [0.15, 0.2) is 0 Å². The van der Waals surface area contributed by atoms with E-state index in [-0.39, 0.29) is 23.0 Å². The maximum Gasteiger partial charge on any atom is 0.315 e. The molecule has 4 unspecified atom stereocenters. The lowest BCUT2D eigenvalue weighted by molar-refractivity contribution is -0.547. The summed E-state index contributed by atoms with van der Waals surface area (Å²) < 4.78 is 13.2. The first kappa shape index (κ1) is 27.8. The van der Waals surface area contributed by atoms with Crippen molar-refractivity contribution >= 4 is 0 Å². The molecule has 0 heterocycles. The topological polar surface area (TPSA) is 36.9 Å². The van der Waals surface area contributed by atoms with Crippen LogP contribution in [0, 0.1) is 23.2 Å². The molecule has 0 saturated carbocycles. The predicted octanol–water partition coefficient (Wildman–Crippen LogP) is 7.36. The van der Waals surface area contributed by atoms with Crippen molar-refractivity contribution in [1.82, 2.24) is 0 Å². The van der Waals surface area contributed by atoms with Gasteiger partial charge in [0.2, 0.25) is 0 Å². The molecule has 0 fully saturated rings.